The highest BCUT2D eigenvalue weighted by molar-refractivity contribution is 6.57. The molecule has 0 atom stereocenters. The Morgan fingerprint density at radius 3 is 1.32 bits per heavy atom. The van der Waals surface area contributed by atoms with E-state index in [4.69, 9.17) is 0 Å². The number of ketones is 2. The van der Waals surface area contributed by atoms with Crippen LogP contribution in [0.25, 0.3) is 10.8 Å². The third-order valence-electron chi connectivity index (χ3n) is 3.40. The molecule has 0 amide bonds. The Morgan fingerprint density at radius 1 is 0.636 bits per heavy atom. The smallest absolute Gasteiger partial charge is 0.285 e. The van der Waals surface area contributed by atoms with E-state index < -0.39 is 51.6 Å². The number of Topliss-reactive ketones (excluding diaryl/α,β-unsaturated/α-hetero) is 2. The van der Waals surface area contributed by atoms with Gasteiger partial charge in [0.05, 0.1) is 11.1 Å². The van der Waals surface area contributed by atoms with Crippen molar-refractivity contribution in [3.05, 3.63) is 46.5 Å². The number of benzene rings is 2. The highest BCUT2D eigenvalue weighted by Gasteiger charge is 2.39. The third-order valence-corrected chi connectivity index (χ3v) is 3.40. The van der Waals surface area contributed by atoms with Crippen LogP contribution in [-0.4, -0.2) is 11.6 Å². The molecule has 8 heteroatoms. The monoisotopic (exact) mass is 318 g/mol. The molecule has 0 saturated heterocycles. The van der Waals surface area contributed by atoms with Gasteiger partial charge in [0, 0.05) is 16.5 Å². The lowest BCUT2D eigenvalue weighted by molar-refractivity contribution is -0.138. The Labute approximate surface area is 118 Å². The summed E-state index contributed by atoms with van der Waals surface area (Å²) in [5.41, 5.74) is -3.58. The maximum absolute atomic E-state index is 12.8. The first-order chi connectivity index (χ1) is 10.00. The summed E-state index contributed by atoms with van der Waals surface area (Å²) in [6, 6.07) is 1.99. The van der Waals surface area contributed by atoms with E-state index in [0.717, 1.165) is 0 Å². The Kier molecular flexibility index (Phi) is 2.70. The van der Waals surface area contributed by atoms with E-state index in [0.29, 0.717) is 24.3 Å². The van der Waals surface area contributed by atoms with E-state index in [1.165, 1.54) is 0 Å². The first-order valence-electron chi connectivity index (χ1n) is 5.85. The molecule has 114 valence electrons. The molecule has 0 bridgehead atoms. The van der Waals surface area contributed by atoms with E-state index in [1.54, 1.807) is 0 Å². The van der Waals surface area contributed by atoms with Crippen molar-refractivity contribution in [3.63, 3.8) is 0 Å². The van der Waals surface area contributed by atoms with E-state index in [9.17, 15) is 35.9 Å². The van der Waals surface area contributed by atoms with Gasteiger partial charge in [0.15, 0.2) is 0 Å². The minimum Gasteiger partial charge on any atom is -0.285 e. The molecule has 1 aliphatic carbocycles. The summed E-state index contributed by atoms with van der Waals surface area (Å²) in [6.45, 7) is 0. The van der Waals surface area contributed by atoms with Crippen molar-refractivity contribution in [2.75, 3.05) is 0 Å². The van der Waals surface area contributed by atoms with Crippen LogP contribution in [0.2, 0.25) is 0 Å². The fraction of sp³-hybridized carbons (Fsp3) is 0.143. The zero-order valence-corrected chi connectivity index (χ0v) is 10.4. The van der Waals surface area contributed by atoms with Crippen LogP contribution in [0, 0.1) is 0 Å². The van der Waals surface area contributed by atoms with Gasteiger partial charge in [-0.15, -0.1) is 0 Å². The molecule has 0 fully saturated rings. The highest BCUT2D eigenvalue weighted by atomic mass is 19.4. The second-order valence-corrected chi connectivity index (χ2v) is 4.80. The molecular formula is C14H4F6O2. The van der Waals surface area contributed by atoms with Crippen LogP contribution in [0.4, 0.5) is 26.3 Å². The fourth-order valence-electron chi connectivity index (χ4n) is 2.45. The van der Waals surface area contributed by atoms with E-state index in [1.807, 2.05) is 0 Å². The topological polar surface area (TPSA) is 34.1 Å². The van der Waals surface area contributed by atoms with Crippen molar-refractivity contribution in [2.45, 2.75) is 12.4 Å². The normalized spacial score (nSPS) is 15.0. The lowest BCUT2D eigenvalue weighted by Gasteiger charge is -2.12. The largest absolute Gasteiger partial charge is 0.416 e. The van der Waals surface area contributed by atoms with Crippen LogP contribution in [0.15, 0.2) is 24.3 Å². The van der Waals surface area contributed by atoms with Crippen molar-refractivity contribution < 1.29 is 35.9 Å². The molecule has 0 aromatic heterocycles. The Bertz CT molecular complexity index is 778. The van der Waals surface area contributed by atoms with Gasteiger partial charge in [0.2, 0.25) is 11.6 Å². The van der Waals surface area contributed by atoms with Gasteiger partial charge in [-0.05, 0) is 29.7 Å². The molecular weight excluding hydrogens is 314 g/mol. The Balaban J connectivity index is 2.43. The Morgan fingerprint density at radius 2 is 1.00 bits per heavy atom. The molecule has 2 aromatic rings. The highest BCUT2D eigenvalue weighted by Crippen LogP contribution is 2.41. The summed E-state index contributed by atoms with van der Waals surface area (Å²) < 4.78 is 76.7. The average molecular weight is 318 g/mol. The molecule has 0 heterocycles. The van der Waals surface area contributed by atoms with Crippen molar-refractivity contribution >= 4 is 22.3 Å². The molecule has 0 aliphatic heterocycles. The van der Waals surface area contributed by atoms with Gasteiger partial charge < -0.3 is 0 Å². The number of carbonyl (C=O) groups is 2. The molecule has 0 unspecified atom stereocenters. The summed E-state index contributed by atoms with van der Waals surface area (Å²) >= 11 is 0. The maximum Gasteiger partial charge on any atom is 0.416 e. The third kappa shape index (κ3) is 1.98. The second kappa shape index (κ2) is 4.08. The molecule has 2 aromatic carbocycles. The zero-order chi connectivity index (χ0) is 16.4. The quantitative estimate of drug-likeness (QED) is 0.537. The van der Waals surface area contributed by atoms with Crippen molar-refractivity contribution in [3.8, 4) is 0 Å². The number of hydrogen-bond acceptors (Lipinski definition) is 2. The fourth-order valence-corrected chi connectivity index (χ4v) is 2.45. The van der Waals surface area contributed by atoms with E-state index in [2.05, 4.69) is 0 Å². The summed E-state index contributed by atoms with van der Waals surface area (Å²) in [7, 11) is 0. The minimum absolute atomic E-state index is 0.170. The van der Waals surface area contributed by atoms with Crippen LogP contribution in [-0.2, 0) is 12.4 Å². The molecule has 2 nitrogen and oxygen atoms in total. The van der Waals surface area contributed by atoms with Crippen LogP contribution in [0.1, 0.15) is 31.8 Å². The predicted octanol–water partition coefficient (Wildman–Crippen LogP) is 4.26. The molecule has 22 heavy (non-hydrogen) atoms. The van der Waals surface area contributed by atoms with Crippen molar-refractivity contribution in [1.29, 1.82) is 0 Å². The van der Waals surface area contributed by atoms with Gasteiger partial charge in [-0.2, -0.15) is 26.3 Å². The second-order valence-electron chi connectivity index (χ2n) is 4.80. The van der Waals surface area contributed by atoms with Gasteiger partial charge in [0.1, 0.15) is 0 Å². The molecule has 0 radical (unpaired) electrons. The predicted molar refractivity (Wildman–Crippen MR) is 62.6 cm³/mol. The maximum atomic E-state index is 12.8. The van der Waals surface area contributed by atoms with Gasteiger partial charge in [-0.1, -0.05) is 0 Å². The van der Waals surface area contributed by atoms with Gasteiger partial charge >= 0.3 is 12.4 Å². The summed E-state index contributed by atoms with van der Waals surface area (Å²) in [5, 5.41) is -0.607. The molecule has 0 spiro atoms. The van der Waals surface area contributed by atoms with E-state index in [-0.39, 0.29) is 5.39 Å². The summed E-state index contributed by atoms with van der Waals surface area (Å²) in [6.07, 6.45) is -9.68. The standard InChI is InChI=1S/C14H4F6O2/c15-13(16,17)6-1-5-2-7(14(18,19)20)4-9-10(5)8(3-6)11(21)12(9)22/h1-4H. The first kappa shape index (κ1) is 14.6. The number of alkyl halides is 6. The summed E-state index contributed by atoms with van der Waals surface area (Å²) in [4.78, 5) is 23.4. The van der Waals surface area contributed by atoms with Gasteiger partial charge in [-0.25, -0.2) is 0 Å². The van der Waals surface area contributed by atoms with E-state index >= 15 is 0 Å². The van der Waals surface area contributed by atoms with Crippen molar-refractivity contribution in [2.24, 2.45) is 0 Å². The lowest BCUT2D eigenvalue weighted by atomic mass is 9.98. The molecule has 0 N–H and O–H groups in total. The molecule has 0 saturated carbocycles. The number of rotatable bonds is 0. The van der Waals surface area contributed by atoms with Crippen LogP contribution < -0.4 is 0 Å². The van der Waals surface area contributed by atoms with Crippen LogP contribution in [0.3, 0.4) is 0 Å². The Hall–Kier alpha value is -2.38. The van der Waals surface area contributed by atoms with Gasteiger partial charge in [-0.3, -0.25) is 9.59 Å². The summed E-state index contributed by atoms with van der Waals surface area (Å²) in [5.74, 6) is -2.46. The van der Waals surface area contributed by atoms with Crippen LogP contribution in [0.5, 0.6) is 0 Å². The SMILES string of the molecule is O=C1C(=O)c2cc(C(F)(F)F)cc3cc(C(F)(F)F)cc1c23. The first-order valence-corrected chi connectivity index (χ1v) is 5.85. The lowest BCUT2D eigenvalue weighted by Crippen LogP contribution is -2.09. The number of carbonyl (C=O) groups excluding carboxylic acids is 2. The average Bonchev–Trinajstić information content (AvgIpc) is 2.63. The van der Waals surface area contributed by atoms with Crippen LogP contribution >= 0.6 is 0 Å². The number of hydrogen-bond donors (Lipinski definition) is 0. The minimum atomic E-state index is -4.84. The molecule has 1 aliphatic rings. The molecule has 3 rings (SSSR count). The zero-order valence-electron chi connectivity index (χ0n) is 10.4. The van der Waals surface area contributed by atoms with Gasteiger partial charge in [0.25, 0.3) is 0 Å². The number of halogens is 6. The van der Waals surface area contributed by atoms with Crippen molar-refractivity contribution in [1.82, 2.24) is 0 Å².